The van der Waals surface area contributed by atoms with Crippen LogP contribution < -0.4 is 0 Å². The molecule has 1 fully saturated rings. The van der Waals surface area contributed by atoms with E-state index in [1.807, 2.05) is 0 Å². The van der Waals surface area contributed by atoms with Crippen LogP contribution in [-0.4, -0.2) is 13.2 Å². The number of rotatable bonds is 0. The Labute approximate surface area is 80.2 Å². The van der Waals surface area contributed by atoms with E-state index in [9.17, 15) is 0 Å². The van der Waals surface area contributed by atoms with Crippen molar-refractivity contribution in [3.8, 4) is 0 Å². The molecule has 1 saturated heterocycles. The van der Waals surface area contributed by atoms with Crippen LogP contribution in [0.3, 0.4) is 0 Å². The van der Waals surface area contributed by atoms with Gasteiger partial charge in [-0.05, 0) is 12.8 Å². The van der Waals surface area contributed by atoms with Gasteiger partial charge in [-0.25, -0.2) is 9.78 Å². The topological polar surface area (TPSA) is 27.7 Å². The maximum Gasteiger partial charge on any atom is 0.0853 e. The van der Waals surface area contributed by atoms with E-state index in [0.29, 0.717) is 13.2 Å². The molecule has 1 rings (SSSR count). The van der Waals surface area contributed by atoms with E-state index in [4.69, 9.17) is 9.78 Å². The zero-order chi connectivity index (χ0) is 9.19. The highest BCUT2D eigenvalue weighted by atomic mass is 17.5. The molecule has 0 aliphatic carbocycles. The molecular formula is C10H20O3. The third-order valence-electron chi connectivity index (χ3n) is 2.30. The van der Waals surface area contributed by atoms with Gasteiger partial charge in [-0.15, -0.1) is 0 Å². The van der Waals surface area contributed by atoms with E-state index in [2.05, 4.69) is 5.04 Å². The fourth-order valence-electron chi connectivity index (χ4n) is 1.48. The van der Waals surface area contributed by atoms with Gasteiger partial charge in [0.25, 0.3) is 0 Å². The average Bonchev–Trinajstić information content (AvgIpc) is 2.18. The number of hydrogen-bond donors (Lipinski definition) is 0. The fraction of sp³-hybridized carbons (Fsp3) is 1.00. The first-order valence-corrected chi connectivity index (χ1v) is 5.41. The normalized spacial score (nSPS) is 24.0. The molecule has 0 saturated carbocycles. The minimum Gasteiger partial charge on any atom is -0.206 e. The Kier molecular flexibility index (Phi) is 7.15. The zero-order valence-electron chi connectivity index (χ0n) is 8.30. The van der Waals surface area contributed by atoms with Crippen LogP contribution in [-0.2, 0) is 14.8 Å². The molecule has 0 radical (unpaired) electrons. The van der Waals surface area contributed by atoms with Gasteiger partial charge >= 0.3 is 0 Å². The molecule has 3 heteroatoms. The van der Waals surface area contributed by atoms with Crippen molar-refractivity contribution in [2.24, 2.45) is 0 Å². The molecule has 0 N–H and O–H groups in total. The van der Waals surface area contributed by atoms with E-state index in [1.165, 1.54) is 38.5 Å². The van der Waals surface area contributed by atoms with Crippen molar-refractivity contribution in [3.05, 3.63) is 0 Å². The van der Waals surface area contributed by atoms with Gasteiger partial charge in [0.15, 0.2) is 0 Å². The largest absolute Gasteiger partial charge is 0.206 e. The molecule has 0 amide bonds. The maximum absolute atomic E-state index is 4.82. The summed E-state index contributed by atoms with van der Waals surface area (Å²) in [5, 5.41) is 4.55. The van der Waals surface area contributed by atoms with Crippen molar-refractivity contribution in [2.45, 2.75) is 51.4 Å². The summed E-state index contributed by atoms with van der Waals surface area (Å²) in [4.78, 5) is 9.65. The maximum atomic E-state index is 4.82. The second-order valence-electron chi connectivity index (χ2n) is 3.54. The second-order valence-corrected chi connectivity index (χ2v) is 3.54. The summed E-state index contributed by atoms with van der Waals surface area (Å²) in [6, 6.07) is 0. The van der Waals surface area contributed by atoms with Gasteiger partial charge in [-0.1, -0.05) is 43.6 Å². The fourth-order valence-corrected chi connectivity index (χ4v) is 1.48. The predicted octanol–water partition coefficient (Wildman–Crippen LogP) is 3.00. The van der Waals surface area contributed by atoms with Crippen LogP contribution in [0.15, 0.2) is 0 Å². The Morgan fingerprint density at radius 2 is 0.846 bits per heavy atom. The van der Waals surface area contributed by atoms with Crippen molar-refractivity contribution in [3.63, 3.8) is 0 Å². The third-order valence-corrected chi connectivity index (χ3v) is 2.30. The van der Waals surface area contributed by atoms with Gasteiger partial charge < -0.3 is 0 Å². The summed E-state index contributed by atoms with van der Waals surface area (Å²) in [5.41, 5.74) is 0. The standard InChI is InChI=1S/C10H20O3/c1-2-4-6-8-10-12-13-11-9-7-5-3-1/h1-10H2. The van der Waals surface area contributed by atoms with E-state index >= 15 is 0 Å². The van der Waals surface area contributed by atoms with Crippen LogP contribution in [0.1, 0.15) is 51.4 Å². The van der Waals surface area contributed by atoms with Gasteiger partial charge in [-0.3, -0.25) is 0 Å². The summed E-state index contributed by atoms with van der Waals surface area (Å²) in [5.74, 6) is 0. The molecular weight excluding hydrogens is 168 g/mol. The Morgan fingerprint density at radius 3 is 1.31 bits per heavy atom. The first-order chi connectivity index (χ1) is 6.50. The van der Waals surface area contributed by atoms with Crippen molar-refractivity contribution in [2.75, 3.05) is 13.2 Å². The molecule has 0 atom stereocenters. The van der Waals surface area contributed by atoms with Crippen molar-refractivity contribution in [1.29, 1.82) is 0 Å². The van der Waals surface area contributed by atoms with Crippen LogP contribution >= 0.6 is 0 Å². The minimum absolute atomic E-state index is 0.653. The second kappa shape index (κ2) is 8.48. The summed E-state index contributed by atoms with van der Waals surface area (Å²) in [6.45, 7) is 1.31. The highest BCUT2D eigenvalue weighted by molar-refractivity contribution is 4.46. The SMILES string of the molecule is C1CCCCCOOOCCCC1. The zero-order valence-corrected chi connectivity index (χ0v) is 8.30. The van der Waals surface area contributed by atoms with Crippen molar-refractivity contribution >= 4 is 0 Å². The van der Waals surface area contributed by atoms with E-state index in [0.717, 1.165) is 12.8 Å². The van der Waals surface area contributed by atoms with Crippen LogP contribution in [0, 0.1) is 0 Å². The molecule has 1 aliphatic heterocycles. The van der Waals surface area contributed by atoms with Gasteiger partial charge in [0, 0.05) is 0 Å². The molecule has 0 aromatic heterocycles. The lowest BCUT2D eigenvalue weighted by molar-refractivity contribution is -0.512. The molecule has 13 heavy (non-hydrogen) atoms. The van der Waals surface area contributed by atoms with Gasteiger partial charge in [0.05, 0.1) is 13.2 Å². The van der Waals surface area contributed by atoms with Crippen LogP contribution in [0.2, 0.25) is 0 Å². The predicted molar refractivity (Wildman–Crippen MR) is 49.9 cm³/mol. The molecule has 78 valence electrons. The Morgan fingerprint density at radius 1 is 0.462 bits per heavy atom. The molecule has 1 heterocycles. The average molecular weight is 188 g/mol. The Balaban J connectivity index is 2.01. The summed E-state index contributed by atoms with van der Waals surface area (Å²) in [7, 11) is 0. The third kappa shape index (κ3) is 6.99. The lowest BCUT2D eigenvalue weighted by Gasteiger charge is -2.01. The lowest BCUT2D eigenvalue weighted by atomic mass is 10.1. The summed E-state index contributed by atoms with van der Waals surface area (Å²) in [6.07, 6.45) is 10.00. The van der Waals surface area contributed by atoms with Crippen LogP contribution in [0.25, 0.3) is 0 Å². The highest BCUT2D eigenvalue weighted by Crippen LogP contribution is 2.09. The molecule has 0 unspecified atom stereocenters. The van der Waals surface area contributed by atoms with E-state index in [1.54, 1.807) is 0 Å². The van der Waals surface area contributed by atoms with E-state index in [-0.39, 0.29) is 0 Å². The highest BCUT2D eigenvalue weighted by Gasteiger charge is 1.96. The molecule has 0 spiro atoms. The Hall–Kier alpha value is -0.120. The van der Waals surface area contributed by atoms with Crippen LogP contribution in [0.5, 0.6) is 0 Å². The van der Waals surface area contributed by atoms with Crippen molar-refractivity contribution in [1.82, 2.24) is 0 Å². The molecule has 1 aliphatic rings. The summed E-state index contributed by atoms with van der Waals surface area (Å²) >= 11 is 0. The van der Waals surface area contributed by atoms with Gasteiger partial charge in [0.2, 0.25) is 0 Å². The molecule has 0 aromatic carbocycles. The van der Waals surface area contributed by atoms with Crippen molar-refractivity contribution < 1.29 is 14.8 Å². The van der Waals surface area contributed by atoms with Crippen LogP contribution in [0.4, 0.5) is 0 Å². The van der Waals surface area contributed by atoms with Gasteiger partial charge in [-0.2, -0.15) is 0 Å². The van der Waals surface area contributed by atoms with E-state index < -0.39 is 0 Å². The summed E-state index contributed by atoms with van der Waals surface area (Å²) < 4.78 is 0. The molecule has 3 nitrogen and oxygen atoms in total. The first kappa shape index (κ1) is 11.0. The lowest BCUT2D eigenvalue weighted by Crippen LogP contribution is -1.99. The number of hydrogen-bond acceptors (Lipinski definition) is 3. The first-order valence-electron chi connectivity index (χ1n) is 5.41. The quantitative estimate of drug-likeness (QED) is 0.547. The monoisotopic (exact) mass is 188 g/mol. The Bertz CT molecular complexity index is 58.2. The minimum atomic E-state index is 0.653. The molecule has 0 aromatic rings. The smallest absolute Gasteiger partial charge is 0.0853 e. The molecule has 0 bridgehead atoms. The van der Waals surface area contributed by atoms with Gasteiger partial charge in [0.1, 0.15) is 0 Å².